The van der Waals surface area contributed by atoms with Gasteiger partial charge in [0.25, 0.3) is 0 Å². The average Bonchev–Trinajstić information content (AvgIpc) is 2.87. The molecule has 0 bridgehead atoms. The molecule has 0 radical (unpaired) electrons. The Morgan fingerprint density at radius 3 is 2.43 bits per heavy atom. The summed E-state index contributed by atoms with van der Waals surface area (Å²) in [5.74, 6) is -3.97. The fourth-order valence-corrected chi connectivity index (χ4v) is 4.38. The normalized spacial score (nSPS) is 33.7. The van der Waals surface area contributed by atoms with Gasteiger partial charge in [0.15, 0.2) is 0 Å². The molecule has 2 aliphatic rings. The second kappa shape index (κ2) is 6.06. The van der Waals surface area contributed by atoms with Gasteiger partial charge < -0.3 is 10.4 Å². The van der Waals surface area contributed by atoms with E-state index in [2.05, 4.69) is 5.32 Å². The molecule has 0 aromatic carbocycles. The molecule has 1 aliphatic heterocycles. The van der Waals surface area contributed by atoms with Crippen LogP contribution < -0.4 is 5.32 Å². The maximum Gasteiger partial charge on any atom is 0.392 e. The van der Waals surface area contributed by atoms with Gasteiger partial charge in [0.1, 0.15) is 5.54 Å². The molecule has 1 aliphatic carbocycles. The smallest absolute Gasteiger partial charge is 0.392 e. The van der Waals surface area contributed by atoms with Gasteiger partial charge in [-0.3, -0.25) is 4.79 Å². The van der Waals surface area contributed by atoms with E-state index in [4.69, 9.17) is 0 Å². The first-order valence-corrected chi connectivity index (χ1v) is 8.12. The number of halogens is 3. The van der Waals surface area contributed by atoms with Crippen LogP contribution in [0.4, 0.5) is 13.2 Å². The monoisotopic (exact) mass is 325 g/mol. The van der Waals surface area contributed by atoms with Crippen molar-refractivity contribution < 1.29 is 27.9 Å². The van der Waals surface area contributed by atoms with Gasteiger partial charge in [-0.2, -0.15) is 24.9 Å². The number of hydrogen-bond donors (Lipinski definition) is 2. The van der Waals surface area contributed by atoms with Crippen molar-refractivity contribution in [1.29, 1.82) is 0 Å². The number of hydrogen-bond acceptors (Lipinski definition) is 3. The van der Waals surface area contributed by atoms with Gasteiger partial charge in [0.2, 0.25) is 5.91 Å². The lowest BCUT2D eigenvalue weighted by atomic mass is 9.77. The molecule has 1 saturated carbocycles. The summed E-state index contributed by atoms with van der Waals surface area (Å²) in [6.07, 6.45) is -3.03. The van der Waals surface area contributed by atoms with E-state index in [1.807, 2.05) is 0 Å². The number of carbonyl (C=O) groups excluding carboxylic acids is 1. The van der Waals surface area contributed by atoms with Crippen molar-refractivity contribution in [3.05, 3.63) is 0 Å². The first-order chi connectivity index (χ1) is 9.76. The molecule has 1 saturated heterocycles. The second-order valence-electron chi connectivity index (χ2n) is 5.72. The fraction of sp³-hybridized carbons (Fsp3) is 0.846. The second-order valence-corrected chi connectivity index (χ2v) is 6.82. The zero-order chi connectivity index (χ0) is 15.7. The molecule has 0 aromatic heterocycles. The first kappa shape index (κ1) is 16.5. The number of carboxylic acid groups (broad SMARTS) is 1. The summed E-state index contributed by atoms with van der Waals surface area (Å²) >= 11 is 1.39. The van der Waals surface area contributed by atoms with Gasteiger partial charge in [-0.1, -0.05) is 12.8 Å². The minimum Gasteiger partial charge on any atom is -0.479 e. The highest BCUT2D eigenvalue weighted by Gasteiger charge is 2.50. The molecule has 0 spiro atoms. The molecule has 3 atom stereocenters. The highest BCUT2D eigenvalue weighted by molar-refractivity contribution is 7.99. The molecular formula is C13H18F3NO3S. The summed E-state index contributed by atoms with van der Waals surface area (Å²) in [5, 5.41) is 11.7. The van der Waals surface area contributed by atoms with Crippen molar-refractivity contribution in [2.24, 2.45) is 11.8 Å². The van der Waals surface area contributed by atoms with Crippen LogP contribution in [0.1, 0.15) is 32.1 Å². The topological polar surface area (TPSA) is 66.4 Å². The Balaban J connectivity index is 2.12. The fourth-order valence-electron chi connectivity index (χ4n) is 3.05. The van der Waals surface area contributed by atoms with Crippen LogP contribution in [0.25, 0.3) is 0 Å². The minimum absolute atomic E-state index is 0.0591. The Morgan fingerprint density at radius 2 is 1.90 bits per heavy atom. The summed E-state index contributed by atoms with van der Waals surface area (Å²) in [6.45, 7) is 0. The summed E-state index contributed by atoms with van der Waals surface area (Å²) < 4.78 is 39.1. The molecule has 21 heavy (non-hydrogen) atoms. The van der Waals surface area contributed by atoms with E-state index in [0.717, 1.165) is 0 Å². The Morgan fingerprint density at radius 1 is 1.24 bits per heavy atom. The molecule has 8 heteroatoms. The maximum atomic E-state index is 13.0. The van der Waals surface area contributed by atoms with Gasteiger partial charge in [-0.25, -0.2) is 4.79 Å². The van der Waals surface area contributed by atoms with Crippen LogP contribution in [-0.4, -0.2) is 40.2 Å². The quantitative estimate of drug-likeness (QED) is 0.836. The summed E-state index contributed by atoms with van der Waals surface area (Å²) in [7, 11) is 0. The van der Waals surface area contributed by atoms with Crippen LogP contribution in [0.5, 0.6) is 0 Å². The zero-order valence-corrected chi connectivity index (χ0v) is 12.2. The van der Waals surface area contributed by atoms with Crippen LogP contribution in [0, 0.1) is 11.8 Å². The van der Waals surface area contributed by atoms with Crippen molar-refractivity contribution in [3.63, 3.8) is 0 Å². The summed E-state index contributed by atoms with van der Waals surface area (Å²) in [4.78, 5) is 23.6. The maximum absolute atomic E-state index is 13.0. The van der Waals surface area contributed by atoms with Crippen LogP contribution in [0.3, 0.4) is 0 Å². The van der Waals surface area contributed by atoms with Crippen molar-refractivity contribution in [1.82, 2.24) is 5.32 Å². The third-order valence-electron chi connectivity index (χ3n) is 4.32. The Hall–Kier alpha value is -0.920. The van der Waals surface area contributed by atoms with E-state index < -0.39 is 35.4 Å². The molecule has 120 valence electrons. The number of aliphatic carboxylic acids is 1. The number of nitrogens with one attached hydrogen (secondary N) is 1. The molecule has 2 fully saturated rings. The van der Waals surface area contributed by atoms with E-state index in [0.29, 0.717) is 18.6 Å². The van der Waals surface area contributed by atoms with Gasteiger partial charge in [-0.05, 0) is 25.0 Å². The van der Waals surface area contributed by atoms with Crippen molar-refractivity contribution in [2.45, 2.75) is 43.8 Å². The lowest BCUT2D eigenvalue weighted by molar-refractivity contribution is -0.198. The standard InChI is InChI=1S/C13H18F3NO3S/c14-13(15,16)9-4-2-1-3-8(9)10(18)17-12(11(19)20)5-6-21-7-12/h8-9H,1-7H2,(H,17,18)(H,19,20). The van der Waals surface area contributed by atoms with Gasteiger partial charge >= 0.3 is 12.1 Å². The number of thioether (sulfide) groups is 1. The third-order valence-corrected chi connectivity index (χ3v) is 5.51. The summed E-state index contributed by atoms with van der Waals surface area (Å²) in [6, 6.07) is 0. The molecule has 4 nitrogen and oxygen atoms in total. The molecule has 2 rings (SSSR count). The number of carboxylic acids is 1. The molecule has 1 heterocycles. The lowest BCUT2D eigenvalue weighted by Gasteiger charge is -2.34. The highest BCUT2D eigenvalue weighted by Crippen LogP contribution is 2.42. The predicted octanol–water partition coefficient (Wildman–Crippen LogP) is 2.43. The van der Waals surface area contributed by atoms with E-state index in [9.17, 15) is 27.9 Å². The van der Waals surface area contributed by atoms with Gasteiger partial charge in [0.05, 0.1) is 5.92 Å². The predicted molar refractivity (Wildman–Crippen MR) is 72.0 cm³/mol. The summed E-state index contributed by atoms with van der Waals surface area (Å²) in [5.41, 5.74) is -1.41. The SMILES string of the molecule is O=C(NC1(C(=O)O)CCSC1)C1CCCCC1C(F)(F)F. The Labute approximate surface area is 124 Å². The van der Waals surface area contributed by atoms with E-state index >= 15 is 0 Å². The zero-order valence-electron chi connectivity index (χ0n) is 11.4. The van der Waals surface area contributed by atoms with Crippen molar-refractivity contribution >= 4 is 23.6 Å². The van der Waals surface area contributed by atoms with E-state index in [1.165, 1.54) is 11.8 Å². The molecule has 3 unspecified atom stereocenters. The third kappa shape index (κ3) is 3.46. The van der Waals surface area contributed by atoms with Gasteiger partial charge in [-0.15, -0.1) is 0 Å². The van der Waals surface area contributed by atoms with Crippen molar-refractivity contribution in [2.75, 3.05) is 11.5 Å². The minimum atomic E-state index is -4.41. The largest absolute Gasteiger partial charge is 0.479 e. The van der Waals surface area contributed by atoms with Crippen molar-refractivity contribution in [3.8, 4) is 0 Å². The average molecular weight is 325 g/mol. The first-order valence-electron chi connectivity index (χ1n) is 6.96. The number of amides is 1. The number of rotatable bonds is 3. The van der Waals surface area contributed by atoms with Gasteiger partial charge in [0, 0.05) is 11.7 Å². The van der Waals surface area contributed by atoms with Crippen LogP contribution in [0.2, 0.25) is 0 Å². The molecule has 2 N–H and O–H groups in total. The van der Waals surface area contributed by atoms with Crippen LogP contribution >= 0.6 is 11.8 Å². The number of alkyl halides is 3. The van der Waals surface area contributed by atoms with Crippen LogP contribution in [-0.2, 0) is 9.59 Å². The lowest BCUT2D eigenvalue weighted by Crippen LogP contribution is -2.57. The number of carbonyl (C=O) groups is 2. The molecule has 0 aromatic rings. The van der Waals surface area contributed by atoms with E-state index in [1.54, 1.807) is 0 Å². The van der Waals surface area contributed by atoms with E-state index in [-0.39, 0.29) is 25.0 Å². The highest BCUT2D eigenvalue weighted by atomic mass is 32.2. The van der Waals surface area contributed by atoms with Crippen LogP contribution in [0.15, 0.2) is 0 Å². The Kier molecular flexibility index (Phi) is 4.75. The molecular weight excluding hydrogens is 307 g/mol. The Bertz CT molecular complexity index is 421. The molecule has 1 amide bonds.